The Bertz CT molecular complexity index is 752. The van der Waals surface area contributed by atoms with E-state index in [1.165, 1.54) is 18.4 Å². The van der Waals surface area contributed by atoms with Gasteiger partial charge in [-0.05, 0) is 63.9 Å². The van der Waals surface area contributed by atoms with Gasteiger partial charge in [0, 0.05) is 31.9 Å². The third-order valence-corrected chi connectivity index (χ3v) is 6.88. The Morgan fingerprint density at radius 2 is 2.00 bits per heavy atom. The fraction of sp³-hybridized carbons (Fsp3) is 0.762. The summed E-state index contributed by atoms with van der Waals surface area (Å²) in [5, 5.41) is 4.56. The molecule has 6 heteroatoms. The highest BCUT2D eigenvalue weighted by atomic mass is 16.2. The second kappa shape index (κ2) is 6.95. The molecule has 1 aliphatic carbocycles. The van der Waals surface area contributed by atoms with Gasteiger partial charge in [0.15, 0.2) is 0 Å². The Labute approximate surface area is 161 Å². The van der Waals surface area contributed by atoms with Gasteiger partial charge in [0.25, 0.3) is 0 Å². The van der Waals surface area contributed by atoms with Gasteiger partial charge < -0.3 is 9.80 Å². The van der Waals surface area contributed by atoms with Crippen molar-refractivity contribution in [1.29, 1.82) is 0 Å². The van der Waals surface area contributed by atoms with Crippen LogP contribution in [0.15, 0.2) is 0 Å². The van der Waals surface area contributed by atoms with Crippen LogP contribution >= 0.6 is 0 Å². The molecule has 2 aliphatic heterocycles. The summed E-state index contributed by atoms with van der Waals surface area (Å²) >= 11 is 0. The molecule has 0 aromatic carbocycles. The van der Waals surface area contributed by atoms with Crippen molar-refractivity contribution in [1.82, 2.24) is 19.6 Å². The first kappa shape index (κ1) is 18.5. The standard InChI is InChI=1S/C21H32N4O2/c1-4-18-15(2)22-25(16(18)3)13-19(26)24-11-9-21(14-24)8-5-10-23(20(21)27)12-17-6-7-17/h17H,4-14H2,1-3H3/t21-/m0/s1. The van der Waals surface area contributed by atoms with Crippen LogP contribution in [0.1, 0.15) is 56.0 Å². The number of piperidine rings is 1. The molecule has 27 heavy (non-hydrogen) atoms. The van der Waals surface area contributed by atoms with Gasteiger partial charge >= 0.3 is 0 Å². The van der Waals surface area contributed by atoms with Crippen molar-refractivity contribution in [2.45, 2.75) is 65.8 Å². The van der Waals surface area contributed by atoms with E-state index in [0.717, 1.165) is 56.1 Å². The lowest BCUT2D eigenvalue weighted by atomic mass is 9.78. The van der Waals surface area contributed by atoms with Gasteiger partial charge in [-0.3, -0.25) is 14.3 Å². The SMILES string of the molecule is CCc1c(C)nn(CC(=O)N2CC[C@@]3(CCCN(CC4CC4)C3=O)C2)c1C. The van der Waals surface area contributed by atoms with Crippen LogP contribution in [0.5, 0.6) is 0 Å². The van der Waals surface area contributed by atoms with Crippen LogP contribution in [-0.2, 0) is 22.6 Å². The van der Waals surface area contributed by atoms with Crippen molar-refractivity contribution in [3.63, 3.8) is 0 Å². The van der Waals surface area contributed by atoms with E-state index in [4.69, 9.17) is 0 Å². The van der Waals surface area contributed by atoms with Gasteiger partial charge in [-0.1, -0.05) is 6.92 Å². The fourth-order valence-electron chi connectivity index (χ4n) is 5.03. The molecule has 3 fully saturated rings. The molecule has 6 nitrogen and oxygen atoms in total. The number of carbonyl (C=O) groups is 2. The first-order valence-corrected chi connectivity index (χ1v) is 10.5. The number of amides is 2. The molecule has 3 aliphatic rings. The van der Waals surface area contributed by atoms with Crippen LogP contribution in [0, 0.1) is 25.2 Å². The number of hydrogen-bond acceptors (Lipinski definition) is 3. The number of hydrogen-bond donors (Lipinski definition) is 0. The van der Waals surface area contributed by atoms with E-state index in [2.05, 4.69) is 16.9 Å². The van der Waals surface area contributed by atoms with Crippen LogP contribution in [0.25, 0.3) is 0 Å². The Hall–Kier alpha value is -1.85. The maximum absolute atomic E-state index is 13.2. The van der Waals surface area contributed by atoms with Gasteiger partial charge in [-0.15, -0.1) is 0 Å². The molecule has 0 bridgehead atoms. The zero-order valence-electron chi connectivity index (χ0n) is 17.0. The summed E-state index contributed by atoms with van der Waals surface area (Å²) in [7, 11) is 0. The summed E-state index contributed by atoms with van der Waals surface area (Å²) in [6, 6.07) is 0. The number of aromatic nitrogens is 2. The maximum atomic E-state index is 13.2. The summed E-state index contributed by atoms with van der Waals surface area (Å²) in [6.07, 6.45) is 6.28. The molecule has 0 unspecified atom stereocenters. The van der Waals surface area contributed by atoms with Crippen molar-refractivity contribution in [3.05, 3.63) is 17.0 Å². The Morgan fingerprint density at radius 3 is 2.67 bits per heavy atom. The lowest BCUT2D eigenvalue weighted by Gasteiger charge is -2.39. The molecule has 1 aromatic heterocycles. The highest BCUT2D eigenvalue weighted by Crippen LogP contribution is 2.41. The highest BCUT2D eigenvalue weighted by molar-refractivity contribution is 5.86. The fourth-order valence-corrected chi connectivity index (χ4v) is 5.03. The summed E-state index contributed by atoms with van der Waals surface area (Å²) in [5.74, 6) is 1.12. The van der Waals surface area contributed by atoms with Crippen molar-refractivity contribution in [2.75, 3.05) is 26.2 Å². The Kier molecular flexibility index (Phi) is 4.77. The van der Waals surface area contributed by atoms with E-state index >= 15 is 0 Å². The smallest absolute Gasteiger partial charge is 0.244 e. The molecule has 3 heterocycles. The number of aryl methyl sites for hydroxylation is 1. The summed E-state index contributed by atoms with van der Waals surface area (Å²) in [5.41, 5.74) is 3.01. The zero-order valence-corrected chi connectivity index (χ0v) is 17.0. The predicted octanol–water partition coefficient (Wildman–Crippen LogP) is 2.31. The average molecular weight is 373 g/mol. The molecular weight excluding hydrogens is 340 g/mol. The van der Waals surface area contributed by atoms with Crippen molar-refractivity contribution in [2.24, 2.45) is 11.3 Å². The van der Waals surface area contributed by atoms with Crippen molar-refractivity contribution in [3.8, 4) is 0 Å². The molecule has 148 valence electrons. The van der Waals surface area contributed by atoms with Gasteiger partial charge in [0.2, 0.25) is 11.8 Å². The van der Waals surface area contributed by atoms with Crippen LogP contribution in [0.4, 0.5) is 0 Å². The third-order valence-electron chi connectivity index (χ3n) is 6.88. The minimum Gasteiger partial charge on any atom is -0.342 e. The predicted molar refractivity (Wildman–Crippen MR) is 103 cm³/mol. The second-order valence-corrected chi connectivity index (χ2v) is 8.80. The van der Waals surface area contributed by atoms with E-state index in [9.17, 15) is 9.59 Å². The lowest BCUT2D eigenvalue weighted by molar-refractivity contribution is -0.146. The van der Waals surface area contributed by atoms with Gasteiger partial charge in [0.1, 0.15) is 6.54 Å². The largest absolute Gasteiger partial charge is 0.342 e. The number of nitrogens with zero attached hydrogens (tertiary/aromatic N) is 4. The summed E-state index contributed by atoms with van der Waals surface area (Å²) in [4.78, 5) is 30.1. The van der Waals surface area contributed by atoms with E-state index in [-0.39, 0.29) is 17.9 Å². The third kappa shape index (κ3) is 3.39. The lowest BCUT2D eigenvalue weighted by Crippen LogP contribution is -2.51. The minimum atomic E-state index is -0.327. The topological polar surface area (TPSA) is 58.4 Å². The molecule has 4 rings (SSSR count). The molecule has 2 amide bonds. The monoisotopic (exact) mass is 372 g/mol. The highest BCUT2D eigenvalue weighted by Gasteiger charge is 2.49. The van der Waals surface area contributed by atoms with E-state index < -0.39 is 0 Å². The quantitative estimate of drug-likeness (QED) is 0.797. The molecule has 0 radical (unpaired) electrons. The second-order valence-electron chi connectivity index (χ2n) is 8.80. The van der Waals surface area contributed by atoms with E-state index in [1.807, 2.05) is 23.4 Å². The normalized spacial score (nSPS) is 25.7. The summed E-state index contributed by atoms with van der Waals surface area (Å²) in [6.45, 7) is 9.56. The molecule has 1 saturated carbocycles. The molecule has 1 atom stereocenters. The number of carbonyl (C=O) groups excluding carboxylic acids is 2. The number of rotatable bonds is 5. The van der Waals surface area contributed by atoms with Gasteiger partial charge in [-0.25, -0.2) is 0 Å². The van der Waals surface area contributed by atoms with Crippen LogP contribution in [0.3, 0.4) is 0 Å². The molecule has 1 spiro atoms. The van der Waals surface area contributed by atoms with Crippen LogP contribution in [0.2, 0.25) is 0 Å². The Balaban J connectivity index is 1.42. The minimum absolute atomic E-state index is 0.0900. The molecule has 0 N–H and O–H groups in total. The zero-order chi connectivity index (χ0) is 19.2. The van der Waals surface area contributed by atoms with Crippen LogP contribution < -0.4 is 0 Å². The summed E-state index contributed by atoms with van der Waals surface area (Å²) < 4.78 is 1.84. The first-order valence-electron chi connectivity index (χ1n) is 10.5. The van der Waals surface area contributed by atoms with E-state index in [1.54, 1.807) is 0 Å². The average Bonchev–Trinajstić information content (AvgIpc) is 3.29. The van der Waals surface area contributed by atoms with Gasteiger partial charge in [-0.2, -0.15) is 5.10 Å². The molecule has 2 saturated heterocycles. The Morgan fingerprint density at radius 1 is 1.22 bits per heavy atom. The van der Waals surface area contributed by atoms with Crippen molar-refractivity contribution < 1.29 is 9.59 Å². The molecular formula is C21H32N4O2. The maximum Gasteiger partial charge on any atom is 0.244 e. The van der Waals surface area contributed by atoms with Gasteiger partial charge in [0.05, 0.1) is 11.1 Å². The number of likely N-dealkylation sites (tertiary alicyclic amines) is 2. The van der Waals surface area contributed by atoms with Crippen LogP contribution in [-0.4, -0.2) is 57.6 Å². The molecule has 1 aromatic rings. The first-order chi connectivity index (χ1) is 12.9. The van der Waals surface area contributed by atoms with E-state index in [0.29, 0.717) is 19.0 Å². The van der Waals surface area contributed by atoms with Crippen molar-refractivity contribution >= 4 is 11.8 Å².